The van der Waals surface area contributed by atoms with Crippen LogP contribution in [-0.2, 0) is 10.0 Å². The van der Waals surface area contributed by atoms with Crippen LogP contribution in [0.2, 0.25) is 0 Å². The Kier molecular flexibility index (Phi) is 7.27. The molecule has 1 saturated carbocycles. The van der Waals surface area contributed by atoms with Crippen molar-refractivity contribution in [3.63, 3.8) is 0 Å². The molecule has 4 rings (SSSR count). The molecule has 0 spiro atoms. The maximum absolute atomic E-state index is 13.9. The number of halogens is 2. The van der Waals surface area contributed by atoms with Crippen molar-refractivity contribution in [1.82, 2.24) is 14.7 Å². The van der Waals surface area contributed by atoms with Crippen LogP contribution in [0, 0.1) is 23.5 Å². The second-order valence-corrected chi connectivity index (χ2v) is 10.7. The Labute approximate surface area is 198 Å². The summed E-state index contributed by atoms with van der Waals surface area (Å²) >= 11 is 0. The molecular formula is C24H29F2N5O2S. The molecule has 0 aliphatic heterocycles. The molecule has 182 valence electrons. The van der Waals surface area contributed by atoms with Gasteiger partial charge in [-0.2, -0.15) is 4.98 Å². The lowest BCUT2D eigenvalue weighted by atomic mass is 9.82. The van der Waals surface area contributed by atoms with Crippen molar-refractivity contribution in [2.75, 3.05) is 37.4 Å². The van der Waals surface area contributed by atoms with Crippen molar-refractivity contribution in [3.05, 3.63) is 54.1 Å². The first-order chi connectivity index (χ1) is 16.2. The zero-order valence-electron chi connectivity index (χ0n) is 19.3. The predicted octanol–water partition coefficient (Wildman–Crippen LogP) is 4.17. The summed E-state index contributed by atoms with van der Waals surface area (Å²) in [4.78, 5) is 10.3. The van der Waals surface area contributed by atoms with Gasteiger partial charge in [0.15, 0.2) is 4.90 Å². The quantitative estimate of drug-likeness (QED) is 0.494. The molecule has 34 heavy (non-hydrogen) atoms. The number of para-hydroxylation sites is 1. The lowest BCUT2D eigenvalue weighted by Gasteiger charge is -2.28. The molecule has 1 aromatic heterocycles. The van der Waals surface area contributed by atoms with Crippen LogP contribution in [0.3, 0.4) is 0 Å². The van der Waals surface area contributed by atoms with Gasteiger partial charge in [0.05, 0.1) is 5.52 Å². The van der Waals surface area contributed by atoms with Crippen molar-refractivity contribution in [3.8, 4) is 0 Å². The normalized spacial score (nSPS) is 18.7. The number of sulfonamides is 1. The molecule has 3 aromatic rings. The second-order valence-electron chi connectivity index (χ2n) is 8.95. The SMILES string of the molecule is CN(C)c1nc(NCC2CCC(CNS(=O)(=O)c3c(F)cccc3F)CC2)nc2ccccc12. The van der Waals surface area contributed by atoms with E-state index in [4.69, 9.17) is 0 Å². The first-order valence-corrected chi connectivity index (χ1v) is 12.8. The first-order valence-electron chi connectivity index (χ1n) is 11.4. The fourth-order valence-electron chi connectivity index (χ4n) is 4.39. The van der Waals surface area contributed by atoms with E-state index >= 15 is 0 Å². The van der Waals surface area contributed by atoms with Crippen molar-refractivity contribution >= 4 is 32.7 Å². The van der Waals surface area contributed by atoms with Gasteiger partial charge in [0.25, 0.3) is 0 Å². The van der Waals surface area contributed by atoms with Crippen molar-refractivity contribution in [1.29, 1.82) is 0 Å². The van der Waals surface area contributed by atoms with Crippen LogP contribution in [0.5, 0.6) is 0 Å². The third-order valence-electron chi connectivity index (χ3n) is 6.27. The van der Waals surface area contributed by atoms with E-state index in [2.05, 4.69) is 20.0 Å². The van der Waals surface area contributed by atoms with Gasteiger partial charge in [0.2, 0.25) is 16.0 Å². The van der Waals surface area contributed by atoms with E-state index < -0.39 is 26.6 Å². The Morgan fingerprint density at radius 3 is 2.18 bits per heavy atom. The van der Waals surface area contributed by atoms with Gasteiger partial charge in [-0.15, -0.1) is 0 Å². The summed E-state index contributed by atoms with van der Waals surface area (Å²) in [6.45, 7) is 0.889. The molecule has 2 aromatic carbocycles. The number of nitrogens with one attached hydrogen (secondary N) is 2. The highest BCUT2D eigenvalue weighted by Crippen LogP contribution is 2.30. The largest absolute Gasteiger partial charge is 0.362 e. The van der Waals surface area contributed by atoms with E-state index in [9.17, 15) is 17.2 Å². The number of fused-ring (bicyclic) bond motifs is 1. The minimum absolute atomic E-state index is 0.123. The zero-order valence-corrected chi connectivity index (χ0v) is 20.1. The molecule has 0 unspecified atom stereocenters. The molecule has 0 atom stereocenters. The third kappa shape index (κ3) is 5.44. The topological polar surface area (TPSA) is 87.2 Å². The van der Waals surface area contributed by atoms with Crippen LogP contribution in [-0.4, -0.2) is 45.6 Å². The maximum atomic E-state index is 13.9. The van der Waals surface area contributed by atoms with Gasteiger partial charge < -0.3 is 10.2 Å². The van der Waals surface area contributed by atoms with Gasteiger partial charge in [-0.05, 0) is 61.8 Å². The number of anilines is 2. The Bertz CT molecular complexity index is 1240. The van der Waals surface area contributed by atoms with Crippen LogP contribution < -0.4 is 14.9 Å². The number of benzene rings is 2. The van der Waals surface area contributed by atoms with E-state index in [1.165, 1.54) is 0 Å². The summed E-state index contributed by atoms with van der Waals surface area (Å²) < 4.78 is 54.9. The standard InChI is InChI=1S/C24H29F2N5O2S/c1-31(2)23-18-6-3-4-9-21(18)29-24(30-23)27-14-16-10-12-17(13-11-16)15-28-34(32,33)22-19(25)7-5-8-20(22)26/h3-9,16-17,28H,10-15H2,1-2H3,(H,27,29,30). The van der Waals surface area contributed by atoms with E-state index in [0.29, 0.717) is 11.9 Å². The van der Waals surface area contributed by atoms with Crippen LogP contribution in [0.15, 0.2) is 47.4 Å². The molecule has 1 fully saturated rings. The predicted molar refractivity (Wildman–Crippen MR) is 129 cm³/mol. The van der Waals surface area contributed by atoms with E-state index in [1.807, 2.05) is 43.3 Å². The van der Waals surface area contributed by atoms with Gasteiger partial charge in [0.1, 0.15) is 17.5 Å². The lowest BCUT2D eigenvalue weighted by Crippen LogP contribution is -2.33. The molecule has 0 saturated heterocycles. The van der Waals surface area contributed by atoms with E-state index in [0.717, 1.165) is 67.1 Å². The zero-order chi connectivity index (χ0) is 24.3. The monoisotopic (exact) mass is 489 g/mol. The summed E-state index contributed by atoms with van der Waals surface area (Å²) in [5, 5.41) is 4.36. The summed E-state index contributed by atoms with van der Waals surface area (Å²) in [5.41, 5.74) is 0.881. The van der Waals surface area contributed by atoms with Crippen LogP contribution in [0.25, 0.3) is 10.9 Å². The lowest BCUT2D eigenvalue weighted by molar-refractivity contribution is 0.284. The van der Waals surface area contributed by atoms with Gasteiger partial charge in [-0.25, -0.2) is 26.9 Å². The Hall–Kier alpha value is -2.85. The fraction of sp³-hybridized carbons (Fsp3) is 0.417. The number of aromatic nitrogens is 2. The van der Waals surface area contributed by atoms with Gasteiger partial charge in [-0.1, -0.05) is 18.2 Å². The third-order valence-corrected chi connectivity index (χ3v) is 7.75. The smallest absolute Gasteiger partial charge is 0.246 e. The van der Waals surface area contributed by atoms with Crippen LogP contribution in [0.4, 0.5) is 20.5 Å². The molecule has 1 aliphatic rings. The maximum Gasteiger partial charge on any atom is 0.246 e. The Morgan fingerprint density at radius 2 is 1.53 bits per heavy atom. The van der Waals surface area contributed by atoms with Crippen molar-refractivity contribution in [2.45, 2.75) is 30.6 Å². The molecular weight excluding hydrogens is 460 g/mol. The van der Waals surface area contributed by atoms with Crippen LogP contribution >= 0.6 is 0 Å². The minimum atomic E-state index is -4.24. The molecule has 0 amide bonds. The second kappa shape index (κ2) is 10.2. The molecule has 1 heterocycles. The molecule has 7 nitrogen and oxygen atoms in total. The van der Waals surface area contributed by atoms with Gasteiger partial charge >= 0.3 is 0 Å². The first kappa shape index (κ1) is 24.3. The highest BCUT2D eigenvalue weighted by molar-refractivity contribution is 7.89. The molecule has 0 bridgehead atoms. The minimum Gasteiger partial charge on any atom is -0.362 e. The fourth-order valence-corrected chi connectivity index (χ4v) is 5.64. The van der Waals surface area contributed by atoms with Crippen molar-refractivity contribution in [2.24, 2.45) is 11.8 Å². The summed E-state index contributed by atoms with van der Waals surface area (Å²) in [7, 11) is -0.337. The van der Waals surface area contributed by atoms with Crippen LogP contribution in [0.1, 0.15) is 25.7 Å². The average molecular weight is 490 g/mol. The van der Waals surface area contributed by atoms with E-state index in [1.54, 1.807) is 0 Å². The average Bonchev–Trinajstić information content (AvgIpc) is 2.81. The highest BCUT2D eigenvalue weighted by Gasteiger charge is 2.27. The molecule has 1 aliphatic carbocycles. The van der Waals surface area contributed by atoms with Gasteiger partial charge in [0, 0.05) is 32.6 Å². The molecule has 2 N–H and O–H groups in total. The van der Waals surface area contributed by atoms with E-state index in [-0.39, 0.29) is 12.5 Å². The summed E-state index contributed by atoms with van der Waals surface area (Å²) in [6, 6.07) is 10.9. The Balaban J connectivity index is 1.30. The summed E-state index contributed by atoms with van der Waals surface area (Å²) in [5.74, 6) is -0.196. The number of hydrogen-bond donors (Lipinski definition) is 2. The van der Waals surface area contributed by atoms with Crippen molar-refractivity contribution < 1.29 is 17.2 Å². The number of nitrogens with zero attached hydrogens (tertiary/aromatic N) is 3. The molecule has 10 heteroatoms. The summed E-state index contributed by atoms with van der Waals surface area (Å²) in [6.07, 6.45) is 3.50. The Morgan fingerprint density at radius 1 is 0.912 bits per heavy atom. The number of hydrogen-bond acceptors (Lipinski definition) is 6. The van der Waals surface area contributed by atoms with Gasteiger partial charge in [-0.3, -0.25) is 0 Å². The molecule has 0 radical (unpaired) electrons. The highest BCUT2D eigenvalue weighted by atomic mass is 32.2. The number of rotatable bonds is 8.